The number of carbonyl (C=O) groups is 2. The summed E-state index contributed by atoms with van der Waals surface area (Å²) in [7, 11) is -4.40. The summed E-state index contributed by atoms with van der Waals surface area (Å²) < 4.78 is 26.6. The van der Waals surface area contributed by atoms with Gasteiger partial charge in [-0.05, 0) is 38.5 Å². The summed E-state index contributed by atoms with van der Waals surface area (Å²) in [5.74, 6) is -0.526. The number of aliphatic hydroxyl groups is 1. The number of amides is 1. The van der Waals surface area contributed by atoms with E-state index in [0.717, 1.165) is 51.4 Å². The summed E-state index contributed by atoms with van der Waals surface area (Å²) in [5, 5.41) is 12.5. The summed E-state index contributed by atoms with van der Waals surface area (Å²) in [6.07, 6.45) is 33.4. The lowest BCUT2D eigenvalue weighted by Crippen LogP contribution is -2.27. The Bertz CT molecular complexity index is 794. The van der Waals surface area contributed by atoms with E-state index in [4.69, 9.17) is 13.8 Å². The Kier molecular flexibility index (Phi) is 33.7. The molecule has 0 heterocycles. The number of nitrogens with one attached hydrogen (secondary N) is 1. The van der Waals surface area contributed by atoms with Crippen LogP contribution in [0.5, 0.6) is 0 Å². The molecule has 0 rings (SSSR count). The van der Waals surface area contributed by atoms with E-state index in [9.17, 15) is 24.2 Å². The zero-order valence-corrected chi connectivity index (χ0v) is 31.1. The molecule has 0 aliphatic rings. The largest absolute Gasteiger partial charge is 0.472 e. The van der Waals surface area contributed by atoms with Crippen LogP contribution in [0.1, 0.15) is 181 Å². The first-order valence-electron chi connectivity index (χ1n) is 19.2. The third kappa shape index (κ3) is 35.9. The molecule has 0 aromatic heterocycles. The van der Waals surface area contributed by atoms with Gasteiger partial charge in [0.15, 0.2) is 0 Å². The van der Waals surface area contributed by atoms with Crippen molar-refractivity contribution in [2.75, 3.05) is 26.4 Å². The molecule has 2 atom stereocenters. The zero-order chi connectivity index (χ0) is 34.7. The summed E-state index contributed by atoms with van der Waals surface area (Å²) in [4.78, 5) is 33.5. The van der Waals surface area contributed by atoms with Crippen molar-refractivity contribution >= 4 is 19.7 Å². The van der Waals surface area contributed by atoms with Crippen LogP contribution in [0.15, 0.2) is 12.2 Å². The van der Waals surface area contributed by atoms with Gasteiger partial charge in [-0.15, -0.1) is 0 Å². The monoisotopic (exact) mass is 689 g/mol. The van der Waals surface area contributed by atoms with Crippen molar-refractivity contribution in [3.05, 3.63) is 12.2 Å². The number of phosphoric acid groups is 1. The van der Waals surface area contributed by atoms with Gasteiger partial charge in [-0.25, -0.2) is 4.57 Å². The van der Waals surface area contributed by atoms with Crippen molar-refractivity contribution in [3.63, 3.8) is 0 Å². The van der Waals surface area contributed by atoms with Crippen molar-refractivity contribution in [1.82, 2.24) is 5.32 Å². The molecule has 0 aliphatic carbocycles. The van der Waals surface area contributed by atoms with E-state index in [1.54, 1.807) is 0 Å². The average molecular weight is 690 g/mol. The molecule has 0 aromatic carbocycles. The molecular weight excluding hydrogens is 617 g/mol. The van der Waals surface area contributed by atoms with Gasteiger partial charge in [-0.1, -0.05) is 142 Å². The second kappa shape index (κ2) is 34.6. The topological polar surface area (TPSA) is 131 Å². The van der Waals surface area contributed by atoms with Crippen LogP contribution < -0.4 is 5.32 Å². The van der Waals surface area contributed by atoms with Crippen molar-refractivity contribution in [1.29, 1.82) is 0 Å². The average Bonchev–Trinajstić information content (AvgIpc) is 3.05. The van der Waals surface area contributed by atoms with Gasteiger partial charge in [0.05, 0.1) is 13.2 Å². The Morgan fingerprint density at radius 3 is 1.60 bits per heavy atom. The fourth-order valence-electron chi connectivity index (χ4n) is 5.26. The zero-order valence-electron chi connectivity index (χ0n) is 30.2. The second-order valence-electron chi connectivity index (χ2n) is 12.9. The molecule has 0 saturated heterocycles. The highest BCUT2D eigenvalue weighted by Gasteiger charge is 2.23. The molecular formula is C37H72NO8P. The predicted octanol–water partition coefficient (Wildman–Crippen LogP) is 9.88. The fourth-order valence-corrected chi connectivity index (χ4v) is 6.01. The van der Waals surface area contributed by atoms with Gasteiger partial charge in [-0.2, -0.15) is 0 Å². The number of aliphatic hydroxyl groups excluding tert-OH is 1. The van der Waals surface area contributed by atoms with Crippen LogP contribution in [0.2, 0.25) is 0 Å². The highest BCUT2D eigenvalue weighted by Crippen LogP contribution is 2.42. The number of ether oxygens (including phenoxy) is 1. The lowest BCUT2D eigenvalue weighted by atomic mass is 10.0. The Balaban J connectivity index is 3.52. The van der Waals surface area contributed by atoms with E-state index >= 15 is 0 Å². The maximum atomic E-state index is 12.0. The first-order chi connectivity index (χ1) is 22.8. The van der Waals surface area contributed by atoms with E-state index < -0.39 is 26.5 Å². The number of carbonyl (C=O) groups excluding carboxylic acids is 2. The minimum absolute atomic E-state index is 0.0844. The number of rotatable bonds is 36. The number of allylic oxidation sites excluding steroid dienone is 2. The highest BCUT2D eigenvalue weighted by atomic mass is 31.2. The minimum atomic E-state index is -4.40. The van der Waals surface area contributed by atoms with Crippen LogP contribution in [0.25, 0.3) is 0 Å². The molecule has 0 radical (unpaired) electrons. The number of unbranched alkanes of at least 4 members (excludes halogenated alkanes) is 21. The summed E-state index contributed by atoms with van der Waals surface area (Å²) in [6.45, 7) is 3.45. The minimum Gasteiger partial charge on any atom is -0.463 e. The Labute approximate surface area is 288 Å². The van der Waals surface area contributed by atoms with E-state index in [-0.39, 0.29) is 32.1 Å². The van der Waals surface area contributed by atoms with Gasteiger partial charge in [-0.3, -0.25) is 18.6 Å². The lowest BCUT2D eigenvalue weighted by molar-refractivity contribution is -0.147. The molecule has 278 valence electrons. The van der Waals surface area contributed by atoms with Gasteiger partial charge < -0.3 is 20.1 Å². The highest BCUT2D eigenvalue weighted by molar-refractivity contribution is 7.47. The van der Waals surface area contributed by atoms with Crippen LogP contribution in [0.3, 0.4) is 0 Å². The van der Waals surface area contributed by atoms with Gasteiger partial charge >= 0.3 is 13.8 Å². The van der Waals surface area contributed by atoms with Crippen molar-refractivity contribution in [2.45, 2.75) is 187 Å². The number of esters is 1. The maximum Gasteiger partial charge on any atom is 0.472 e. The van der Waals surface area contributed by atoms with E-state index in [1.807, 2.05) is 0 Å². The first-order valence-corrected chi connectivity index (χ1v) is 20.7. The van der Waals surface area contributed by atoms with E-state index in [2.05, 4.69) is 31.3 Å². The smallest absolute Gasteiger partial charge is 0.463 e. The molecule has 3 N–H and O–H groups in total. The Morgan fingerprint density at radius 2 is 1.09 bits per heavy atom. The maximum absolute atomic E-state index is 12.0. The molecule has 2 unspecified atom stereocenters. The normalized spacial score (nSPS) is 13.5. The van der Waals surface area contributed by atoms with Gasteiger partial charge in [0.25, 0.3) is 0 Å². The third-order valence-electron chi connectivity index (χ3n) is 8.20. The molecule has 0 saturated carbocycles. The SMILES string of the molecule is CCCCCCCC/C=C/CCCCCCCCCCCCCC(=O)NCCOP(=O)(O)OCC(O)COC(=O)CCCCCCC. The Morgan fingerprint density at radius 1 is 0.638 bits per heavy atom. The first kappa shape index (κ1) is 45.8. The molecule has 10 heteroatoms. The fraction of sp³-hybridized carbons (Fsp3) is 0.892. The van der Waals surface area contributed by atoms with Crippen LogP contribution in [0.4, 0.5) is 0 Å². The summed E-state index contributed by atoms with van der Waals surface area (Å²) in [5.41, 5.74) is 0. The van der Waals surface area contributed by atoms with Crippen LogP contribution >= 0.6 is 7.82 Å². The summed E-state index contributed by atoms with van der Waals surface area (Å²) in [6, 6.07) is 0. The van der Waals surface area contributed by atoms with Crippen LogP contribution in [-0.4, -0.2) is 54.3 Å². The quantitative estimate of drug-likeness (QED) is 0.0256. The molecule has 0 spiro atoms. The molecule has 1 amide bonds. The number of hydrogen-bond donors (Lipinski definition) is 3. The Hall–Kier alpha value is -1.25. The van der Waals surface area contributed by atoms with Crippen molar-refractivity contribution in [3.8, 4) is 0 Å². The molecule has 0 aliphatic heterocycles. The van der Waals surface area contributed by atoms with Crippen LogP contribution in [-0.2, 0) is 27.9 Å². The third-order valence-corrected chi connectivity index (χ3v) is 9.18. The molecule has 9 nitrogen and oxygen atoms in total. The van der Waals surface area contributed by atoms with E-state index in [0.29, 0.717) is 6.42 Å². The van der Waals surface area contributed by atoms with Crippen molar-refractivity contribution in [2.24, 2.45) is 0 Å². The number of phosphoric ester groups is 1. The van der Waals surface area contributed by atoms with Gasteiger partial charge in [0.1, 0.15) is 12.7 Å². The van der Waals surface area contributed by atoms with Gasteiger partial charge in [0.2, 0.25) is 5.91 Å². The van der Waals surface area contributed by atoms with E-state index in [1.165, 1.54) is 103 Å². The predicted molar refractivity (Wildman–Crippen MR) is 192 cm³/mol. The lowest BCUT2D eigenvalue weighted by Gasteiger charge is -2.15. The van der Waals surface area contributed by atoms with Crippen molar-refractivity contribution < 1.29 is 37.9 Å². The standard InChI is InChI=1S/C37H72NO8P/c1-3-5-7-9-10-11-12-13-14-15-16-17-18-19-20-21-22-23-24-26-27-29-36(40)38-31-32-45-47(42,43)46-34-35(39)33-44-37(41)30-28-25-8-6-4-2/h13-14,35,39H,3-12,15-34H2,1-2H3,(H,38,40)(H,42,43)/b14-13+. The number of hydrogen-bond acceptors (Lipinski definition) is 7. The molecule has 0 bridgehead atoms. The van der Waals surface area contributed by atoms with Crippen LogP contribution in [0, 0.1) is 0 Å². The molecule has 0 aromatic rings. The summed E-state index contributed by atoms with van der Waals surface area (Å²) >= 11 is 0. The second-order valence-corrected chi connectivity index (χ2v) is 14.4. The van der Waals surface area contributed by atoms with Gasteiger partial charge in [0, 0.05) is 19.4 Å². The molecule has 0 fully saturated rings. The molecule has 47 heavy (non-hydrogen) atoms.